The van der Waals surface area contributed by atoms with Gasteiger partial charge in [-0.1, -0.05) is 6.07 Å². The normalized spacial score (nSPS) is 17.7. The molecule has 9 heteroatoms. The number of hydrogen-bond acceptors (Lipinski definition) is 9. The van der Waals surface area contributed by atoms with E-state index in [2.05, 4.69) is 4.90 Å². The Balaban J connectivity index is 1.96. The fraction of sp³-hybridized carbons (Fsp3) is 0.417. The number of esters is 1. The number of methoxy groups -OCH3 is 3. The minimum atomic E-state index is -0.833. The molecule has 0 unspecified atom stereocenters. The molecule has 2 heterocycles. The molecule has 2 aliphatic rings. The number of fused-ring (bicyclic) bond motifs is 2. The quantitative estimate of drug-likeness (QED) is 0.459. The second kappa shape index (κ2) is 9.19. The zero-order chi connectivity index (χ0) is 23.7. The zero-order valence-corrected chi connectivity index (χ0v) is 19.3. The van der Waals surface area contributed by atoms with Gasteiger partial charge in [0.25, 0.3) is 0 Å². The van der Waals surface area contributed by atoms with Crippen LogP contribution >= 0.6 is 0 Å². The Morgan fingerprint density at radius 3 is 2.55 bits per heavy atom. The van der Waals surface area contributed by atoms with E-state index in [1.54, 1.807) is 19.2 Å². The molecule has 0 bridgehead atoms. The zero-order valence-electron chi connectivity index (χ0n) is 19.3. The molecule has 0 radical (unpaired) electrons. The fourth-order valence-corrected chi connectivity index (χ4v) is 4.66. The van der Waals surface area contributed by atoms with Gasteiger partial charge in [0.15, 0.2) is 29.3 Å². The maximum absolute atomic E-state index is 12.2. The first-order valence-electron chi connectivity index (χ1n) is 10.5. The summed E-state index contributed by atoms with van der Waals surface area (Å²) in [6.07, 6.45) is 0.600. The number of carbonyl (C=O) groups excluding carboxylic acids is 2. The molecule has 4 rings (SSSR count). The lowest BCUT2D eigenvalue weighted by molar-refractivity contribution is -0.150. The van der Waals surface area contributed by atoms with Crippen molar-refractivity contribution in [1.29, 1.82) is 0 Å². The summed E-state index contributed by atoms with van der Waals surface area (Å²) >= 11 is 0. The Bertz CT molecular complexity index is 1080. The highest BCUT2D eigenvalue weighted by Crippen LogP contribution is 2.53. The molecule has 0 aromatic heterocycles. The molecule has 2 aromatic rings. The maximum Gasteiger partial charge on any atom is 0.303 e. The lowest BCUT2D eigenvalue weighted by Crippen LogP contribution is -2.37. The highest BCUT2D eigenvalue weighted by Gasteiger charge is 2.41. The highest BCUT2D eigenvalue weighted by molar-refractivity contribution is 5.84. The number of carbonyl (C=O) groups is 2. The first-order chi connectivity index (χ1) is 15.9. The third kappa shape index (κ3) is 3.82. The number of rotatable bonds is 7. The number of ether oxygens (including phenoxy) is 6. The number of hydrogen-bond donors (Lipinski definition) is 0. The molecule has 2 atom stereocenters. The first kappa shape index (κ1) is 22.7. The van der Waals surface area contributed by atoms with Crippen molar-refractivity contribution in [3.8, 4) is 28.7 Å². The van der Waals surface area contributed by atoms with Crippen molar-refractivity contribution in [3.63, 3.8) is 0 Å². The van der Waals surface area contributed by atoms with Gasteiger partial charge in [0.2, 0.25) is 12.5 Å². The molecule has 0 saturated heterocycles. The number of benzene rings is 2. The molecule has 2 aliphatic heterocycles. The van der Waals surface area contributed by atoms with Gasteiger partial charge < -0.3 is 28.4 Å². The van der Waals surface area contributed by atoms with Crippen molar-refractivity contribution >= 4 is 12.3 Å². The first-order valence-corrected chi connectivity index (χ1v) is 10.5. The van der Waals surface area contributed by atoms with E-state index in [9.17, 15) is 9.59 Å². The average Bonchev–Trinajstić information content (AvgIpc) is 3.28. The highest BCUT2D eigenvalue weighted by atomic mass is 16.7. The summed E-state index contributed by atoms with van der Waals surface area (Å²) in [5, 5.41) is 0. The Kier molecular flexibility index (Phi) is 6.33. The lowest BCUT2D eigenvalue weighted by Gasteiger charge is -2.40. The predicted octanol–water partition coefficient (Wildman–Crippen LogP) is 3.09. The summed E-state index contributed by atoms with van der Waals surface area (Å²) in [6.45, 7) is 2.14. The molecule has 176 valence electrons. The third-order valence-corrected chi connectivity index (χ3v) is 6.07. The maximum atomic E-state index is 12.2. The van der Waals surface area contributed by atoms with Crippen LogP contribution in [0.2, 0.25) is 0 Å². The summed E-state index contributed by atoms with van der Waals surface area (Å²) < 4.78 is 33.7. The van der Waals surface area contributed by atoms with E-state index < -0.39 is 18.1 Å². The minimum Gasteiger partial charge on any atom is -0.493 e. The lowest BCUT2D eigenvalue weighted by atomic mass is 9.84. The second-order valence-electron chi connectivity index (χ2n) is 7.84. The smallest absolute Gasteiger partial charge is 0.303 e. The van der Waals surface area contributed by atoms with Gasteiger partial charge in [-0.25, -0.2) is 0 Å². The van der Waals surface area contributed by atoms with Gasteiger partial charge >= 0.3 is 5.97 Å². The van der Waals surface area contributed by atoms with Crippen molar-refractivity contribution in [2.75, 3.05) is 41.7 Å². The van der Waals surface area contributed by atoms with Gasteiger partial charge in [-0.3, -0.25) is 14.5 Å². The molecule has 33 heavy (non-hydrogen) atoms. The SMILES string of the molecule is COc1ccc([C@H](OC(C)=O)[C@H]2c3c(cc4c(c3OC)OCO4)CCN2C)c(C=O)c1OC. The van der Waals surface area contributed by atoms with E-state index in [0.717, 1.165) is 17.5 Å². The van der Waals surface area contributed by atoms with Crippen LogP contribution in [0.4, 0.5) is 0 Å². The van der Waals surface area contributed by atoms with Gasteiger partial charge in [-0.05, 0) is 31.2 Å². The molecule has 0 N–H and O–H groups in total. The van der Waals surface area contributed by atoms with Crippen molar-refractivity contribution in [3.05, 3.63) is 40.5 Å². The molecule has 2 aromatic carbocycles. The van der Waals surface area contributed by atoms with Crippen molar-refractivity contribution in [2.45, 2.75) is 25.5 Å². The molecular formula is C24H27NO8. The Labute approximate surface area is 192 Å². The monoisotopic (exact) mass is 457 g/mol. The number of nitrogens with zero attached hydrogens (tertiary/aromatic N) is 1. The van der Waals surface area contributed by atoms with Gasteiger partial charge in [-0.15, -0.1) is 0 Å². The van der Waals surface area contributed by atoms with Gasteiger partial charge in [0, 0.05) is 24.6 Å². The van der Waals surface area contributed by atoms with E-state index in [1.807, 2.05) is 13.1 Å². The minimum absolute atomic E-state index is 0.105. The fourth-order valence-electron chi connectivity index (χ4n) is 4.66. The average molecular weight is 457 g/mol. The Morgan fingerprint density at radius 1 is 1.15 bits per heavy atom. The molecular weight excluding hydrogens is 430 g/mol. The number of aldehydes is 1. The van der Waals surface area contributed by atoms with Crippen LogP contribution in [-0.4, -0.2) is 58.9 Å². The van der Waals surface area contributed by atoms with Crippen LogP contribution in [0.3, 0.4) is 0 Å². The van der Waals surface area contributed by atoms with E-state index >= 15 is 0 Å². The van der Waals surface area contributed by atoms with Crippen LogP contribution in [0.1, 0.15) is 46.1 Å². The molecule has 0 fully saturated rings. The predicted molar refractivity (Wildman–Crippen MR) is 118 cm³/mol. The van der Waals surface area contributed by atoms with Crippen molar-refractivity contribution in [2.24, 2.45) is 0 Å². The standard InChI is InChI=1S/C24H27NO8/c1-13(27)33-22(15-6-7-17(28-3)21(29-4)16(15)11-26)20-19-14(8-9-25(20)2)10-18-23(24(19)30-5)32-12-31-18/h6-7,10-11,20,22H,8-9,12H2,1-5H3/t20-,22+/m1/s1. The van der Waals surface area contributed by atoms with Crippen LogP contribution in [0, 0.1) is 0 Å². The third-order valence-electron chi connectivity index (χ3n) is 6.07. The Hall–Kier alpha value is -3.46. The summed E-state index contributed by atoms with van der Waals surface area (Å²) in [6, 6.07) is 4.90. The summed E-state index contributed by atoms with van der Waals surface area (Å²) in [7, 11) is 6.46. The molecule has 0 aliphatic carbocycles. The van der Waals surface area contributed by atoms with Gasteiger partial charge in [-0.2, -0.15) is 0 Å². The summed E-state index contributed by atoms with van der Waals surface area (Å²) in [5.74, 6) is 1.87. The van der Waals surface area contributed by atoms with Crippen molar-refractivity contribution < 1.29 is 38.0 Å². The second-order valence-corrected chi connectivity index (χ2v) is 7.84. The molecule has 0 amide bonds. The number of likely N-dealkylation sites (N-methyl/N-ethyl adjacent to an activating group) is 1. The van der Waals surface area contributed by atoms with Crippen LogP contribution in [-0.2, 0) is 16.0 Å². The van der Waals surface area contributed by atoms with Crippen LogP contribution < -0.4 is 23.7 Å². The Morgan fingerprint density at radius 2 is 1.91 bits per heavy atom. The summed E-state index contributed by atoms with van der Waals surface area (Å²) in [5.41, 5.74) is 2.59. The van der Waals surface area contributed by atoms with Crippen LogP contribution in [0.15, 0.2) is 18.2 Å². The van der Waals surface area contributed by atoms with E-state index in [0.29, 0.717) is 41.4 Å². The van der Waals surface area contributed by atoms with Crippen LogP contribution in [0.5, 0.6) is 28.7 Å². The molecule has 0 saturated carbocycles. The summed E-state index contributed by atoms with van der Waals surface area (Å²) in [4.78, 5) is 26.5. The largest absolute Gasteiger partial charge is 0.493 e. The molecule has 9 nitrogen and oxygen atoms in total. The van der Waals surface area contributed by atoms with Crippen molar-refractivity contribution in [1.82, 2.24) is 4.90 Å². The topological polar surface area (TPSA) is 92.8 Å². The van der Waals surface area contributed by atoms with Gasteiger partial charge in [0.05, 0.1) is 32.9 Å². The van der Waals surface area contributed by atoms with Crippen LogP contribution in [0.25, 0.3) is 0 Å². The van der Waals surface area contributed by atoms with Gasteiger partial charge in [0.1, 0.15) is 6.10 Å². The van der Waals surface area contributed by atoms with E-state index in [-0.39, 0.29) is 18.1 Å². The molecule has 0 spiro atoms. The van der Waals surface area contributed by atoms with E-state index in [4.69, 9.17) is 28.4 Å². The van der Waals surface area contributed by atoms with E-state index in [1.165, 1.54) is 21.1 Å².